The number of methoxy groups -OCH3 is 1. The van der Waals surface area contributed by atoms with Crippen molar-refractivity contribution in [1.82, 2.24) is 9.97 Å². The van der Waals surface area contributed by atoms with Gasteiger partial charge in [-0.2, -0.15) is 17.6 Å². The lowest BCUT2D eigenvalue weighted by molar-refractivity contribution is -0.341. The van der Waals surface area contributed by atoms with Crippen LogP contribution in [0.15, 0.2) is 23.0 Å². The van der Waals surface area contributed by atoms with Crippen LogP contribution >= 0.6 is 0 Å². The molecule has 5 nitrogen and oxygen atoms in total. The Morgan fingerprint density at radius 1 is 1.22 bits per heavy atom. The smallest absolute Gasteiger partial charge is 0.466 e. The van der Waals surface area contributed by atoms with E-state index in [9.17, 15) is 31.1 Å². The lowest BCUT2D eigenvalue weighted by Crippen LogP contribution is -2.53. The van der Waals surface area contributed by atoms with Gasteiger partial charge in [0, 0.05) is 6.07 Å². The Morgan fingerprint density at radius 2 is 1.87 bits per heavy atom. The molecular formula is C12H8F6N2O3. The number of halogens is 6. The monoisotopic (exact) mass is 342 g/mol. The van der Waals surface area contributed by atoms with Crippen molar-refractivity contribution in [3.05, 3.63) is 28.6 Å². The third-order valence-corrected chi connectivity index (χ3v) is 2.78. The molecule has 1 N–H and O–H groups in total. The molecule has 0 aliphatic carbocycles. The zero-order chi connectivity index (χ0) is 17.4. The van der Waals surface area contributed by atoms with E-state index in [2.05, 4.69) is 9.72 Å². The summed E-state index contributed by atoms with van der Waals surface area (Å²) in [6, 6.07) is 3.91. The second kappa shape index (κ2) is 5.63. The Labute approximate surface area is 123 Å². The molecule has 1 heterocycles. The van der Waals surface area contributed by atoms with E-state index in [1.54, 1.807) is 0 Å². The average molecular weight is 342 g/mol. The first kappa shape index (κ1) is 16.9. The molecular weight excluding hydrogens is 334 g/mol. The number of fused-ring (bicyclic) bond motifs is 1. The number of alkyl halides is 6. The molecule has 1 aromatic heterocycles. The molecule has 126 valence electrons. The molecule has 0 aliphatic rings. The van der Waals surface area contributed by atoms with Gasteiger partial charge in [0.1, 0.15) is 5.75 Å². The van der Waals surface area contributed by atoms with Gasteiger partial charge in [-0.25, -0.2) is 13.8 Å². The summed E-state index contributed by atoms with van der Waals surface area (Å²) in [6.07, 6.45) is -10.6. The summed E-state index contributed by atoms with van der Waals surface area (Å²) in [5, 5.41) is 0. The van der Waals surface area contributed by atoms with Gasteiger partial charge in [-0.05, 0) is 12.1 Å². The minimum Gasteiger partial charge on any atom is -0.497 e. The van der Waals surface area contributed by atoms with E-state index in [0.717, 1.165) is 0 Å². The van der Waals surface area contributed by atoms with E-state index < -0.39 is 29.9 Å². The number of aromatic nitrogens is 2. The van der Waals surface area contributed by atoms with Gasteiger partial charge in [0.05, 0.1) is 18.1 Å². The Kier molecular flexibility index (Phi) is 4.14. The molecule has 1 atom stereocenters. The van der Waals surface area contributed by atoms with Crippen LogP contribution in [0.2, 0.25) is 0 Å². The zero-order valence-corrected chi connectivity index (χ0v) is 11.2. The maximum Gasteiger partial charge on any atom is 0.466 e. The fraction of sp³-hybridized carbons (Fsp3) is 0.333. The van der Waals surface area contributed by atoms with Gasteiger partial charge in [0.15, 0.2) is 0 Å². The van der Waals surface area contributed by atoms with Crippen molar-refractivity contribution in [3.63, 3.8) is 0 Å². The predicted octanol–water partition coefficient (Wildman–Crippen LogP) is 2.80. The van der Waals surface area contributed by atoms with Crippen LogP contribution in [0.3, 0.4) is 0 Å². The highest BCUT2D eigenvalue weighted by atomic mass is 19.4. The summed E-state index contributed by atoms with van der Waals surface area (Å²) >= 11 is 0. The third-order valence-electron chi connectivity index (χ3n) is 2.78. The van der Waals surface area contributed by atoms with E-state index >= 15 is 0 Å². The lowest BCUT2D eigenvalue weighted by Gasteiger charge is -2.26. The number of rotatable bonds is 4. The van der Waals surface area contributed by atoms with Crippen LogP contribution in [0, 0.1) is 0 Å². The standard InChI is InChI=1S/C12H8F6N2O3/c1-22-5-2-3-6-7(4-5)20-9(8(21)19-6)23-11(15,10(13)14)12(16,17)18/h2-4,10H,1H3,(H,19,21). The van der Waals surface area contributed by atoms with Gasteiger partial charge in [-0.3, -0.25) is 4.79 Å². The second-order valence-corrected chi connectivity index (χ2v) is 4.30. The van der Waals surface area contributed by atoms with Crippen LogP contribution in [0.5, 0.6) is 11.6 Å². The molecule has 2 rings (SSSR count). The lowest BCUT2D eigenvalue weighted by atomic mass is 10.3. The number of nitrogens with zero attached hydrogens (tertiary/aromatic N) is 1. The SMILES string of the molecule is COc1ccc2[nH]c(=O)c(OC(F)(C(F)F)C(F)(F)F)nc2c1. The highest BCUT2D eigenvalue weighted by Crippen LogP contribution is 2.39. The van der Waals surface area contributed by atoms with E-state index in [1.165, 1.54) is 25.3 Å². The molecule has 0 saturated carbocycles. The number of nitrogens with one attached hydrogen (secondary N) is 1. The van der Waals surface area contributed by atoms with Crippen LogP contribution in [0.1, 0.15) is 0 Å². The number of H-pyrrole nitrogens is 1. The van der Waals surface area contributed by atoms with E-state index in [0.29, 0.717) is 0 Å². The van der Waals surface area contributed by atoms with Crippen molar-refractivity contribution in [3.8, 4) is 11.6 Å². The molecule has 11 heteroatoms. The summed E-state index contributed by atoms with van der Waals surface area (Å²) in [4.78, 5) is 17.0. The molecule has 0 aliphatic heterocycles. The van der Waals surface area contributed by atoms with E-state index in [1.807, 2.05) is 4.98 Å². The predicted molar refractivity (Wildman–Crippen MR) is 65.4 cm³/mol. The van der Waals surface area contributed by atoms with Crippen LogP contribution in [-0.4, -0.2) is 35.5 Å². The van der Waals surface area contributed by atoms with Crippen LogP contribution in [0.25, 0.3) is 11.0 Å². The Morgan fingerprint density at radius 3 is 2.39 bits per heavy atom. The molecule has 0 saturated heterocycles. The van der Waals surface area contributed by atoms with E-state index in [4.69, 9.17) is 4.74 Å². The van der Waals surface area contributed by atoms with Crippen molar-refractivity contribution in [2.45, 2.75) is 18.5 Å². The van der Waals surface area contributed by atoms with Gasteiger partial charge in [0.2, 0.25) is 0 Å². The van der Waals surface area contributed by atoms with Crippen molar-refractivity contribution in [2.75, 3.05) is 7.11 Å². The van der Waals surface area contributed by atoms with Gasteiger partial charge < -0.3 is 14.5 Å². The highest BCUT2D eigenvalue weighted by molar-refractivity contribution is 5.76. The summed E-state index contributed by atoms with van der Waals surface area (Å²) in [5.74, 6) is -6.62. The highest BCUT2D eigenvalue weighted by Gasteiger charge is 2.66. The topological polar surface area (TPSA) is 64.2 Å². The molecule has 0 radical (unpaired) electrons. The number of ether oxygens (including phenoxy) is 2. The van der Waals surface area contributed by atoms with Crippen LogP contribution < -0.4 is 15.0 Å². The molecule has 1 aromatic carbocycles. The van der Waals surface area contributed by atoms with E-state index in [-0.39, 0.29) is 16.8 Å². The minimum atomic E-state index is -6.07. The van der Waals surface area contributed by atoms with Crippen molar-refractivity contribution in [1.29, 1.82) is 0 Å². The maximum atomic E-state index is 13.5. The van der Waals surface area contributed by atoms with Gasteiger partial charge in [0.25, 0.3) is 5.88 Å². The Hall–Kier alpha value is -2.46. The van der Waals surface area contributed by atoms with Crippen molar-refractivity contribution >= 4 is 11.0 Å². The first-order chi connectivity index (χ1) is 10.6. The summed E-state index contributed by atoms with van der Waals surface area (Å²) in [7, 11) is 1.29. The van der Waals surface area contributed by atoms with Gasteiger partial charge >= 0.3 is 24.0 Å². The number of aromatic amines is 1. The second-order valence-electron chi connectivity index (χ2n) is 4.30. The number of hydrogen-bond acceptors (Lipinski definition) is 4. The minimum absolute atomic E-state index is 0.0664. The molecule has 0 spiro atoms. The molecule has 23 heavy (non-hydrogen) atoms. The van der Waals surface area contributed by atoms with Gasteiger partial charge in [-0.15, -0.1) is 0 Å². The van der Waals surface area contributed by atoms with Crippen LogP contribution in [0.4, 0.5) is 26.3 Å². The summed E-state index contributed by atoms with van der Waals surface area (Å²) in [6.45, 7) is 0. The fourth-order valence-electron chi connectivity index (χ4n) is 1.61. The van der Waals surface area contributed by atoms with Crippen LogP contribution in [-0.2, 0) is 0 Å². The molecule has 1 unspecified atom stereocenters. The first-order valence-corrected chi connectivity index (χ1v) is 5.89. The number of benzene rings is 1. The third kappa shape index (κ3) is 3.03. The number of hydrogen-bond donors (Lipinski definition) is 1. The van der Waals surface area contributed by atoms with Crippen molar-refractivity contribution in [2.24, 2.45) is 0 Å². The maximum absolute atomic E-state index is 13.5. The summed E-state index contributed by atoms with van der Waals surface area (Å²) < 4.78 is 84.3. The largest absolute Gasteiger partial charge is 0.497 e. The molecule has 0 fully saturated rings. The molecule has 0 amide bonds. The van der Waals surface area contributed by atoms with Gasteiger partial charge in [-0.1, -0.05) is 0 Å². The summed E-state index contributed by atoms with van der Waals surface area (Å²) in [5.41, 5.74) is -1.47. The normalized spacial score (nSPS) is 14.8. The Bertz CT molecular complexity index is 775. The Balaban J connectivity index is 2.54. The molecule has 2 aromatic rings. The zero-order valence-electron chi connectivity index (χ0n) is 11.2. The fourth-order valence-corrected chi connectivity index (χ4v) is 1.61. The molecule has 0 bridgehead atoms. The van der Waals surface area contributed by atoms with Crippen molar-refractivity contribution < 1.29 is 35.8 Å². The first-order valence-electron chi connectivity index (χ1n) is 5.89. The average Bonchev–Trinajstić information content (AvgIpc) is 2.46. The quantitative estimate of drug-likeness (QED) is 0.868.